The van der Waals surface area contributed by atoms with E-state index in [0.29, 0.717) is 32.9 Å². The van der Waals surface area contributed by atoms with Gasteiger partial charge in [0.25, 0.3) is 11.5 Å². The van der Waals surface area contributed by atoms with Gasteiger partial charge >= 0.3 is 0 Å². The molecule has 4 aromatic rings. The van der Waals surface area contributed by atoms with Gasteiger partial charge in [-0.05, 0) is 48.2 Å². The molecule has 2 N–H and O–H groups in total. The van der Waals surface area contributed by atoms with Crippen LogP contribution in [0.5, 0.6) is 0 Å². The number of thioether (sulfide) groups is 1. The molecule has 0 bridgehead atoms. The number of thiophene rings is 1. The van der Waals surface area contributed by atoms with E-state index in [1.807, 2.05) is 30.3 Å². The third-order valence-electron chi connectivity index (χ3n) is 5.59. The summed E-state index contributed by atoms with van der Waals surface area (Å²) in [6.07, 6.45) is 1.23. The van der Waals surface area contributed by atoms with Gasteiger partial charge in [0.15, 0.2) is 0 Å². The number of halogens is 1. The van der Waals surface area contributed by atoms with Crippen LogP contribution in [0.2, 0.25) is 0 Å². The van der Waals surface area contributed by atoms with E-state index in [4.69, 9.17) is 0 Å². The van der Waals surface area contributed by atoms with E-state index in [1.165, 1.54) is 23.5 Å². The Morgan fingerprint density at radius 2 is 2.06 bits per heavy atom. The fraction of sp³-hybridized carbons (Fsp3) is 0.208. The molecule has 8 heteroatoms. The highest BCUT2D eigenvalue weighted by Gasteiger charge is 2.26. The topological polar surface area (TPSA) is 74.8 Å². The van der Waals surface area contributed by atoms with Crippen molar-refractivity contribution in [2.24, 2.45) is 0 Å². The largest absolute Gasteiger partial charge is 0.344 e. The molecule has 0 aliphatic carbocycles. The Morgan fingerprint density at radius 1 is 1.25 bits per heavy atom. The average Bonchev–Trinajstić information content (AvgIpc) is 3.11. The van der Waals surface area contributed by atoms with Gasteiger partial charge in [-0.1, -0.05) is 30.3 Å². The Bertz CT molecular complexity index is 1380. The van der Waals surface area contributed by atoms with Crippen LogP contribution in [0.4, 0.5) is 4.39 Å². The highest BCUT2D eigenvalue weighted by molar-refractivity contribution is 7.99. The molecule has 0 saturated heterocycles. The zero-order chi connectivity index (χ0) is 22.2. The number of nitrogens with zero attached hydrogens (tertiary/aromatic N) is 1. The first-order valence-electron chi connectivity index (χ1n) is 10.3. The number of hydrogen-bond acceptors (Lipinski definition) is 5. The molecule has 0 spiro atoms. The van der Waals surface area contributed by atoms with Crippen molar-refractivity contribution < 1.29 is 9.18 Å². The van der Waals surface area contributed by atoms with Crippen molar-refractivity contribution in [2.75, 3.05) is 5.75 Å². The number of rotatable bonds is 4. The molecule has 2 aromatic carbocycles. The summed E-state index contributed by atoms with van der Waals surface area (Å²) >= 11 is 2.89. The average molecular weight is 466 g/mol. The van der Waals surface area contributed by atoms with Crippen molar-refractivity contribution in [1.82, 2.24) is 15.3 Å². The number of fused-ring (bicyclic) bond motifs is 2. The molecule has 0 fully saturated rings. The predicted molar refractivity (Wildman–Crippen MR) is 126 cm³/mol. The van der Waals surface area contributed by atoms with Gasteiger partial charge in [-0.3, -0.25) is 9.59 Å². The quantitative estimate of drug-likeness (QED) is 0.445. The second-order valence-corrected chi connectivity index (χ2v) is 9.89. The number of aryl methyl sites for hydroxylation is 1. The number of aromatic nitrogens is 2. The fourth-order valence-corrected chi connectivity index (χ4v) is 6.23. The SMILES string of the molecule is Cc1c(C(=O)NC2CCSc3ccc(F)cc32)sc2nc(Cc3ccccc3)[nH]c(=O)c12. The van der Waals surface area contributed by atoms with Crippen molar-refractivity contribution >= 4 is 39.2 Å². The summed E-state index contributed by atoms with van der Waals surface area (Å²) in [6, 6.07) is 14.2. The van der Waals surface area contributed by atoms with Crippen molar-refractivity contribution in [1.29, 1.82) is 0 Å². The van der Waals surface area contributed by atoms with Crippen LogP contribution in [-0.2, 0) is 6.42 Å². The Kier molecular flexibility index (Phi) is 5.57. The minimum atomic E-state index is -0.315. The Balaban J connectivity index is 1.45. The van der Waals surface area contributed by atoms with E-state index in [9.17, 15) is 14.0 Å². The van der Waals surface area contributed by atoms with E-state index in [2.05, 4.69) is 15.3 Å². The van der Waals surface area contributed by atoms with Crippen molar-refractivity contribution in [2.45, 2.75) is 30.7 Å². The second-order valence-electron chi connectivity index (χ2n) is 7.76. The smallest absolute Gasteiger partial charge is 0.262 e. The maximum atomic E-state index is 13.8. The number of hydrogen-bond donors (Lipinski definition) is 2. The van der Waals surface area contributed by atoms with Crippen LogP contribution in [0, 0.1) is 12.7 Å². The summed E-state index contributed by atoms with van der Waals surface area (Å²) in [6.45, 7) is 1.77. The summed E-state index contributed by atoms with van der Waals surface area (Å²) in [4.78, 5) is 35.4. The molecule has 1 aliphatic heterocycles. The zero-order valence-electron chi connectivity index (χ0n) is 17.3. The monoisotopic (exact) mass is 465 g/mol. The molecule has 32 heavy (non-hydrogen) atoms. The number of aromatic amines is 1. The van der Waals surface area contributed by atoms with E-state index >= 15 is 0 Å². The zero-order valence-corrected chi connectivity index (χ0v) is 18.9. The lowest BCUT2D eigenvalue weighted by Gasteiger charge is -2.25. The van der Waals surface area contributed by atoms with Crippen LogP contribution in [0.25, 0.3) is 10.2 Å². The maximum Gasteiger partial charge on any atom is 0.262 e. The standard InChI is InChI=1S/C24H20FN3O2S2/c1-13-20-22(29)27-19(11-14-5-3-2-4-6-14)28-24(20)32-21(13)23(30)26-17-9-10-31-18-8-7-15(25)12-16(17)18/h2-8,12,17H,9-11H2,1H3,(H,26,30)(H,27,28,29). The summed E-state index contributed by atoms with van der Waals surface area (Å²) in [7, 11) is 0. The lowest BCUT2D eigenvalue weighted by atomic mass is 10.0. The van der Waals surface area contributed by atoms with Gasteiger partial charge in [0.2, 0.25) is 0 Å². The predicted octanol–water partition coefficient (Wildman–Crippen LogP) is 4.99. The first-order valence-corrected chi connectivity index (χ1v) is 12.1. The molecule has 162 valence electrons. The summed E-state index contributed by atoms with van der Waals surface area (Å²) in [5, 5.41) is 3.49. The number of carbonyl (C=O) groups is 1. The summed E-state index contributed by atoms with van der Waals surface area (Å²) in [5.41, 5.74) is 2.22. The Labute approximate surface area is 192 Å². The van der Waals surface area contributed by atoms with Crippen LogP contribution in [0.3, 0.4) is 0 Å². The number of H-pyrrole nitrogens is 1. The Hall–Kier alpha value is -2.97. The van der Waals surface area contributed by atoms with Crippen molar-refractivity contribution in [3.05, 3.63) is 92.1 Å². The second kappa shape index (κ2) is 8.52. The molecular formula is C24H20FN3O2S2. The molecule has 0 radical (unpaired) electrons. The van der Waals surface area contributed by atoms with Gasteiger partial charge in [-0.25, -0.2) is 9.37 Å². The summed E-state index contributed by atoms with van der Waals surface area (Å²) < 4.78 is 13.8. The number of benzene rings is 2. The fourth-order valence-electron chi connectivity index (χ4n) is 4.02. The van der Waals surface area contributed by atoms with Gasteiger partial charge < -0.3 is 10.3 Å². The molecule has 1 atom stereocenters. The lowest BCUT2D eigenvalue weighted by molar-refractivity contribution is 0.0938. The maximum absolute atomic E-state index is 13.8. The lowest BCUT2D eigenvalue weighted by Crippen LogP contribution is -2.30. The normalized spacial score (nSPS) is 15.5. The van der Waals surface area contributed by atoms with E-state index < -0.39 is 0 Å². The molecule has 2 aromatic heterocycles. The van der Waals surface area contributed by atoms with Gasteiger partial charge in [-0.2, -0.15) is 0 Å². The third kappa shape index (κ3) is 3.96. The van der Waals surface area contributed by atoms with Crippen LogP contribution < -0.4 is 10.9 Å². The van der Waals surface area contributed by atoms with Crippen LogP contribution in [-0.4, -0.2) is 21.6 Å². The van der Waals surface area contributed by atoms with Crippen molar-refractivity contribution in [3.8, 4) is 0 Å². The number of amides is 1. The molecule has 1 amide bonds. The highest BCUT2D eigenvalue weighted by atomic mass is 32.2. The summed E-state index contributed by atoms with van der Waals surface area (Å²) in [5.74, 6) is 0.835. The highest BCUT2D eigenvalue weighted by Crippen LogP contribution is 2.37. The third-order valence-corrected chi connectivity index (χ3v) is 7.89. The van der Waals surface area contributed by atoms with Gasteiger partial charge in [-0.15, -0.1) is 23.1 Å². The minimum Gasteiger partial charge on any atom is -0.344 e. The van der Waals surface area contributed by atoms with E-state index in [0.717, 1.165) is 28.2 Å². The van der Waals surface area contributed by atoms with Crippen LogP contribution >= 0.6 is 23.1 Å². The molecular weight excluding hydrogens is 445 g/mol. The number of nitrogens with one attached hydrogen (secondary N) is 2. The Morgan fingerprint density at radius 3 is 2.88 bits per heavy atom. The molecule has 1 unspecified atom stereocenters. The molecule has 1 aliphatic rings. The molecule has 5 nitrogen and oxygen atoms in total. The minimum absolute atomic E-state index is 0.241. The van der Waals surface area contributed by atoms with Crippen molar-refractivity contribution in [3.63, 3.8) is 0 Å². The van der Waals surface area contributed by atoms with E-state index in [1.54, 1.807) is 24.8 Å². The van der Waals surface area contributed by atoms with Gasteiger partial charge in [0, 0.05) is 17.1 Å². The molecule has 0 saturated carbocycles. The van der Waals surface area contributed by atoms with E-state index in [-0.39, 0.29) is 23.3 Å². The van der Waals surface area contributed by atoms with Crippen LogP contribution in [0.1, 0.15) is 44.6 Å². The molecule has 3 heterocycles. The first kappa shape index (κ1) is 20.9. The van der Waals surface area contributed by atoms with Crippen LogP contribution in [0.15, 0.2) is 58.2 Å². The number of carbonyl (C=O) groups excluding carboxylic acids is 1. The van der Waals surface area contributed by atoms with Gasteiger partial charge in [0.1, 0.15) is 16.5 Å². The van der Waals surface area contributed by atoms with Gasteiger partial charge in [0.05, 0.1) is 16.3 Å². The molecule has 5 rings (SSSR count). The first-order chi connectivity index (χ1) is 15.5.